The summed E-state index contributed by atoms with van der Waals surface area (Å²) in [6, 6.07) is 14.7. The molecule has 0 spiro atoms. The molecular formula is C19H20NO4W-. The van der Waals surface area contributed by atoms with E-state index in [4.69, 9.17) is 9.47 Å². The number of hydrogen-bond acceptors (Lipinski definition) is 4. The minimum absolute atomic E-state index is 0. The minimum atomic E-state index is -0.833. The van der Waals surface area contributed by atoms with Crippen molar-refractivity contribution in [2.75, 3.05) is 14.2 Å². The second kappa shape index (κ2) is 9.99. The van der Waals surface area contributed by atoms with E-state index in [-0.39, 0.29) is 33.4 Å². The van der Waals surface area contributed by atoms with Gasteiger partial charge in [-0.1, -0.05) is 24.3 Å². The number of hydrogen-bond donors (Lipinski definition) is 1. The van der Waals surface area contributed by atoms with Gasteiger partial charge in [0.05, 0.1) is 14.2 Å². The van der Waals surface area contributed by atoms with Crippen LogP contribution in [0.1, 0.15) is 22.7 Å². The van der Waals surface area contributed by atoms with Crippen LogP contribution in [0.5, 0.6) is 5.75 Å². The van der Waals surface area contributed by atoms with E-state index in [0.29, 0.717) is 5.75 Å². The molecule has 2 aromatic carbocycles. The van der Waals surface area contributed by atoms with Gasteiger partial charge in [0, 0.05) is 33.2 Å². The van der Waals surface area contributed by atoms with Crippen LogP contribution in [0.15, 0.2) is 42.5 Å². The summed E-state index contributed by atoms with van der Waals surface area (Å²) in [7, 11) is 2.85. The number of methoxy groups -OCH3 is 2. The van der Waals surface area contributed by atoms with Gasteiger partial charge in [-0.25, -0.2) is 4.79 Å². The second-order valence-electron chi connectivity index (χ2n) is 5.32. The van der Waals surface area contributed by atoms with Crippen LogP contribution >= 0.6 is 0 Å². The van der Waals surface area contributed by atoms with Crippen molar-refractivity contribution in [3.8, 4) is 5.75 Å². The molecule has 2 aromatic rings. The van der Waals surface area contributed by atoms with E-state index in [1.54, 1.807) is 31.4 Å². The normalized spacial score (nSPS) is 11.0. The molecular weight excluding hydrogens is 490 g/mol. The summed E-state index contributed by atoms with van der Waals surface area (Å²) in [5.74, 6) is -0.220. The summed E-state index contributed by atoms with van der Waals surface area (Å²) in [6.07, 6.45) is 0.129. The zero-order valence-electron chi connectivity index (χ0n) is 14.4. The summed E-state index contributed by atoms with van der Waals surface area (Å²) in [5, 5.41) is 2.75. The standard InChI is InChI=1S/C19H20NO4.W/c1-13-7-4-5-10-16(13)18(19(22)24-3)20-17(21)12-14-8-6-9-15(11-14)23-2;/h4-8,10-11,18H,12H2,1-3H3,(H,20,21);/q-1;. The van der Waals surface area contributed by atoms with Gasteiger partial charge in [0.1, 0.15) is 0 Å². The molecule has 1 atom stereocenters. The first-order valence-electron chi connectivity index (χ1n) is 7.52. The first-order valence-corrected chi connectivity index (χ1v) is 7.52. The van der Waals surface area contributed by atoms with Crippen molar-refractivity contribution in [2.24, 2.45) is 0 Å². The third kappa shape index (κ3) is 5.71. The predicted molar refractivity (Wildman–Crippen MR) is 89.6 cm³/mol. The van der Waals surface area contributed by atoms with E-state index in [1.165, 1.54) is 7.11 Å². The first-order chi connectivity index (χ1) is 11.5. The van der Waals surface area contributed by atoms with Gasteiger partial charge < -0.3 is 14.8 Å². The van der Waals surface area contributed by atoms with E-state index >= 15 is 0 Å². The van der Waals surface area contributed by atoms with Crippen LogP contribution in [0.2, 0.25) is 0 Å². The molecule has 132 valence electrons. The number of nitrogens with one attached hydrogen (secondary N) is 1. The Labute approximate surface area is 162 Å². The summed E-state index contributed by atoms with van der Waals surface area (Å²) in [4.78, 5) is 24.4. The van der Waals surface area contributed by atoms with Gasteiger partial charge in [0.25, 0.3) is 0 Å². The van der Waals surface area contributed by atoms with E-state index in [9.17, 15) is 9.59 Å². The molecule has 5 nitrogen and oxygen atoms in total. The molecule has 0 radical (unpaired) electrons. The molecule has 1 unspecified atom stereocenters. The van der Waals surface area contributed by atoms with Crippen molar-refractivity contribution in [1.29, 1.82) is 0 Å². The number of amides is 1. The number of esters is 1. The number of rotatable bonds is 6. The molecule has 0 saturated heterocycles. The monoisotopic (exact) mass is 510 g/mol. The molecule has 1 N–H and O–H groups in total. The molecule has 6 heteroatoms. The maximum Gasteiger partial charge on any atom is 0.333 e. The average Bonchev–Trinajstić information content (AvgIpc) is 2.60. The van der Waals surface area contributed by atoms with Crippen molar-refractivity contribution in [3.63, 3.8) is 0 Å². The van der Waals surface area contributed by atoms with Gasteiger partial charge in [-0.05, 0) is 18.1 Å². The van der Waals surface area contributed by atoms with E-state index in [0.717, 1.165) is 16.7 Å². The fraction of sp³-hybridized carbons (Fsp3) is 0.263. The minimum Gasteiger partial charge on any atom is -0.523 e. The maximum atomic E-state index is 12.4. The molecule has 0 saturated carbocycles. The van der Waals surface area contributed by atoms with Gasteiger partial charge >= 0.3 is 5.97 Å². The molecule has 0 aliphatic rings. The van der Waals surface area contributed by atoms with Gasteiger partial charge in [0.15, 0.2) is 6.04 Å². The topological polar surface area (TPSA) is 64.6 Å². The maximum absolute atomic E-state index is 12.4. The Kier molecular flexibility index (Phi) is 8.36. The molecule has 25 heavy (non-hydrogen) atoms. The van der Waals surface area contributed by atoms with Crippen LogP contribution in [0.4, 0.5) is 0 Å². The summed E-state index contributed by atoms with van der Waals surface area (Å²) in [6.45, 7) is 1.88. The van der Waals surface area contributed by atoms with Crippen LogP contribution in [-0.4, -0.2) is 26.1 Å². The van der Waals surface area contributed by atoms with Crippen molar-refractivity contribution in [3.05, 3.63) is 65.2 Å². The smallest absolute Gasteiger partial charge is 0.333 e. The van der Waals surface area contributed by atoms with Gasteiger partial charge in [-0.3, -0.25) is 4.79 Å². The molecule has 0 aliphatic carbocycles. The summed E-state index contributed by atoms with van der Waals surface area (Å²) in [5.41, 5.74) is 2.40. The zero-order valence-corrected chi connectivity index (χ0v) is 17.3. The number of carbonyl (C=O) groups excluding carboxylic acids is 2. The molecule has 0 fully saturated rings. The van der Waals surface area contributed by atoms with Gasteiger partial charge in [-0.2, -0.15) is 12.1 Å². The number of benzene rings is 2. The van der Waals surface area contributed by atoms with Crippen molar-refractivity contribution in [1.82, 2.24) is 5.32 Å². The van der Waals surface area contributed by atoms with Crippen molar-refractivity contribution < 1.29 is 40.1 Å². The summed E-state index contributed by atoms with van der Waals surface area (Å²) >= 11 is 0. The largest absolute Gasteiger partial charge is 0.523 e. The van der Waals surface area contributed by atoms with Crippen LogP contribution in [0, 0.1) is 13.0 Å². The van der Waals surface area contributed by atoms with E-state index in [1.807, 2.05) is 25.1 Å². The fourth-order valence-corrected chi connectivity index (χ4v) is 2.41. The number of aryl methyl sites for hydroxylation is 1. The van der Waals surface area contributed by atoms with Crippen LogP contribution in [-0.2, 0) is 41.8 Å². The Morgan fingerprint density at radius 1 is 1.20 bits per heavy atom. The molecule has 0 bridgehead atoms. The SMILES string of the molecule is COC(=O)C(NC(=O)Cc1cc[c-]c(OC)c1)c1ccccc1C.[W]. The first kappa shape index (κ1) is 20.9. The van der Waals surface area contributed by atoms with Crippen LogP contribution in [0.3, 0.4) is 0 Å². The van der Waals surface area contributed by atoms with Crippen molar-refractivity contribution in [2.45, 2.75) is 19.4 Å². The second-order valence-corrected chi connectivity index (χ2v) is 5.32. The summed E-state index contributed by atoms with van der Waals surface area (Å²) < 4.78 is 9.93. The van der Waals surface area contributed by atoms with Crippen molar-refractivity contribution >= 4 is 11.9 Å². The Hall–Kier alpha value is -2.13. The quantitative estimate of drug-likeness (QED) is 0.479. The average molecular weight is 510 g/mol. The molecule has 0 aliphatic heterocycles. The Morgan fingerprint density at radius 2 is 1.92 bits per heavy atom. The zero-order chi connectivity index (χ0) is 17.5. The Morgan fingerprint density at radius 3 is 2.56 bits per heavy atom. The van der Waals surface area contributed by atoms with Crippen LogP contribution in [0.25, 0.3) is 0 Å². The van der Waals surface area contributed by atoms with E-state index < -0.39 is 12.0 Å². The van der Waals surface area contributed by atoms with Gasteiger partial charge in [-0.15, -0.1) is 17.7 Å². The fourth-order valence-electron chi connectivity index (χ4n) is 2.41. The third-order valence-corrected chi connectivity index (χ3v) is 3.67. The molecule has 0 aromatic heterocycles. The van der Waals surface area contributed by atoms with Gasteiger partial charge in [0.2, 0.25) is 5.91 Å². The number of carbonyl (C=O) groups is 2. The molecule has 0 heterocycles. The van der Waals surface area contributed by atoms with Crippen LogP contribution < -0.4 is 10.1 Å². The molecule has 1 amide bonds. The Balaban J connectivity index is 0.00000312. The Bertz CT molecular complexity index is 733. The van der Waals surface area contributed by atoms with E-state index in [2.05, 4.69) is 11.4 Å². The predicted octanol–water partition coefficient (Wildman–Crippen LogP) is 2.37. The number of ether oxygens (including phenoxy) is 2. The third-order valence-electron chi connectivity index (χ3n) is 3.67. The molecule has 2 rings (SSSR count).